The second kappa shape index (κ2) is 3.25. The second-order valence-electron chi connectivity index (χ2n) is 3.55. The van der Waals surface area contributed by atoms with Crippen molar-refractivity contribution in [2.45, 2.75) is 19.3 Å². The molecule has 0 unspecified atom stereocenters. The molecule has 1 aromatic carbocycles. The summed E-state index contributed by atoms with van der Waals surface area (Å²) in [5, 5.41) is 8.93. The summed E-state index contributed by atoms with van der Waals surface area (Å²) < 4.78 is 0. The standard InChI is InChI=1S/C10H11BO2/c1-10(2,9(12)13)7-3-5-8(11)6-4-7/h3-6H,1-2H3,(H,12,13). The zero-order chi connectivity index (χ0) is 10.1. The van der Waals surface area contributed by atoms with Gasteiger partial charge in [-0.25, -0.2) is 0 Å². The minimum absolute atomic E-state index is 0.643. The summed E-state index contributed by atoms with van der Waals surface area (Å²) in [6, 6.07) is 6.90. The predicted octanol–water partition coefficient (Wildman–Crippen LogP) is 0.843. The average molecular weight is 174 g/mol. The Morgan fingerprint density at radius 1 is 1.31 bits per heavy atom. The molecule has 2 radical (unpaired) electrons. The number of carboxylic acids is 1. The van der Waals surface area contributed by atoms with E-state index in [-0.39, 0.29) is 0 Å². The maximum absolute atomic E-state index is 10.9. The number of carbonyl (C=O) groups is 1. The minimum atomic E-state index is -0.853. The van der Waals surface area contributed by atoms with E-state index in [4.69, 9.17) is 13.0 Å². The van der Waals surface area contributed by atoms with Gasteiger partial charge in [-0.2, -0.15) is 0 Å². The van der Waals surface area contributed by atoms with Crippen LogP contribution in [0.15, 0.2) is 24.3 Å². The third-order valence-electron chi connectivity index (χ3n) is 2.17. The van der Waals surface area contributed by atoms with Crippen LogP contribution in [0.25, 0.3) is 0 Å². The van der Waals surface area contributed by atoms with E-state index in [9.17, 15) is 4.79 Å². The third-order valence-corrected chi connectivity index (χ3v) is 2.17. The van der Waals surface area contributed by atoms with Crippen LogP contribution in [-0.4, -0.2) is 18.9 Å². The topological polar surface area (TPSA) is 37.3 Å². The quantitative estimate of drug-likeness (QED) is 0.674. The Morgan fingerprint density at radius 2 is 1.77 bits per heavy atom. The lowest BCUT2D eigenvalue weighted by molar-refractivity contribution is -0.142. The van der Waals surface area contributed by atoms with Gasteiger partial charge in [0, 0.05) is 0 Å². The van der Waals surface area contributed by atoms with Crippen LogP contribution < -0.4 is 5.46 Å². The molecule has 3 heteroatoms. The Kier molecular flexibility index (Phi) is 2.46. The molecule has 0 aliphatic carbocycles. The van der Waals surface area contributed by atoms with Gasteiger partial charge in [-0.05, 0) is 19.4 Å². The summed E-state index contributed by atoms with van der Waals surface area (Å²) in [7, 11) is 5.50. The van der Waals surface area contributed by atoms with Crippen LogP contribution in [0.3, 0.4) is 0 Å². The number of rotatable bonds is 2. The van der Waals surface area contributed by atoms with Crippen LogP contribution in [0.5, 0.6) is 0 Å². The van der Waals surface area contributed by atoms with Gasteiger partial charge < -0.3 is 5.11 Å². The zero-order valence-electron chi connectivity index (χ0n) is 7.74. The van der Waals surface area contributed by atoms with Crippen molar-refractivity contribution in [1.82, 2.24) is 0 Å². The van der Waals surface area contributed by atoms with Gasteiger partial charge in [0.2, 0.25) is 0 Å². The monoisotopic (exact) mass is 174 g/mol. The van der Waals surface area contributed by atoms with Crippen molar-refractivity contribution >= 4 is 19.3 Å². The summed E-state index contributed by atoms with van der Waals surface area (Å²) in [5.41, 5.74) is 0.549. The van der Waals surface area contributed by atoms with Gasteiger partial charge >= 0.3 is 5.97 Å². The first-order valence-corrected chi connectivity index (χ1v) is 4.04. The van der Waals surface area contributed by atoms with E-state index >= 15 is 0 Å². The first-order valence-electron chi connectivity index (χ1n) is 4.04. The Hall–Kier alpha value is -1.25. The van der Waals surface area contributed by atoms with E-state index in [1.165, 1.54) is 0 Å². The summed E-state index contributed by atoms with van der Waals surface area (Å²) >= 11 is 0. The first kappa shape index (κ1) is 9.84. The smallest absolute Gasteiger partial charge is 0.313 e. The molecule has 0 amide bonds. The van der Waals surface area contributed by atoms with E-state index in [1.807, 2.05) is 0 Å². The molecule has 0 aromatic heterocycles. The summed E-state index contributed by atoms with van der Waals surface area (Å²) in [6.07, 6.45) is 0. The van der Waals surface area contributed by atoms with Crippen LogP contribution in [-0.2, 0) is 10.2 Å². The highest BCUT2D eigenvalue weighted by Crippen LogP contribution is 2.22. The molecule has 2 nitrogen and oxygen atoms in total. The van der Waals surface area contributed by atoms with Gasteiger partial charge in [-0.15, -0.1) is 0 Å². The van der Waals surface area contributed by atoms with E-state index in [0.717, 1.165) is 5.56 Å². The molecule has 0 heterocycles. The van der Waals surface area contributed by atoms with E-state index in [1.54, 1.807) is 38.1 Å². The van der Waals surface area contributed by atoms with Gasteiger partial charge in [0.05, 0.1) is 5.41 Å². The number of carboxylic acid groups (broad SMARTS) is 1. The molecule has 0 atom stereocenters. The molecule has 0 aliphatic rings. The molecule has 0 aliphatic heterocycles. The third kappa shape index (κ3) is 1.91. The number of benzene rings is 1. The fraction of sp³-hybridized carbons (Fsp3) is 0.300. The fourth-order valence-electron chi connectivity index (χ4n) is 1.02. The Morgan fingerprint density at radius 3 is 2.15 bits per heavy atom. The van der Waals surface area contributed by atoms with Crippen LogP contribution >= 0.6 is 0 Å². The van der Waals surface area contributed by atoms with Crippen molar-refractivity contribution in [2.24, 2.45) is 0 Å². The number of hydrogen-bond acceptors (Lipinski definition) is 1. The first-order chi connectivity index (χ1) is 5.94. The molecule has 1 rings (SSSR count). The molecule has 0 saturated carbocycles. The highest BCUT2D eigenvalue weighted by atomic mass is 16.4. The van der Waals surface area contributed by atoms with Crippen molar-refractivity contribution in [3.8, 4) is 0 Å². The lowest BCUT2D eigenvalue weighted by atomic mass is 9.83. The minimum Gasteiger partial charge on any atom is -0.481 e. The number of aliphatic carboxylic acids is 1. The van der Waals surface area contributed by atoms with Crippen LogP contribution in [0, 0.1) is 0 Å². The Bertz CT molecular complexity index is 314. The summed E-state index contributed by atoms with van der Waals surface area (Å²) in [6.45, 7) is 3.34. The van der Waals surface area contributed by atoms with E-state index in [0.29, 0.717) is 5.46 Å². The van der Waals surface area contributed by atoms with Crippen molar-refractivity contribution in [3.63, 3.8) is 0 Å². The molecule has 0 bridgehead atoms. The van der Waals surface area contributed by atoms with Crippen molar-refractivity contribution < 1.29 is 9.90 Å². The van der Waals surface area contributed by atoms with Gasteiger partial charge in [0.25, 0.3) is 0 Å². The molecule has 0 saturated heterocycles. The maximum Gasteiger partial charge on any atom is 0.313 e. The largest absolute Gasteiger partial charge is 0.481 e. The van der Waals surface area contributed by atoms with Crippen molar-refractivity contribution in [1.29, 1.82) is 0 Å². The molecule has 0 fully saturated rings. The average Bonchev–Trinajstić information content (AvgIpc) is 2.04. The highest BCUT2D eigenvalue weighted by Gasteiger charge is 2.28. The van der Waals surface area contributed by atoms with Gasteiger partial charge in [0.15, 0.2) is 0 Å². The van der Waals surface area contributed by atoms with Crippen molar-refractivity contribution in [3.05, 3.63) is 29.8 Å². The summed E-state index contributed by atoms with van der Waals surface area (Å²) in [4.78, 5) is 10.9. The van der Waals surface area contributed by atoms with Crippen LogP contribution in [0.1, 0.15) is 19.4 Å². The molecule has 66 valence electrons. The zero-order valence-corrected chi connectivity index (χ0v) is 7.74. The van der Waals surface area contributed by atoms with E-state index in [2.05, 4.69) is 0 Å². The maximum atomic E-state index is 10.9. The van der Waals surface area contributed by atoms with Crippen LogP contribution in [0.4, 0.5) is 0 Å². The molecule has 1 aromatic rings. The fourth-order valence-corrected chi connectivity index (χ4v) is 1.02. The second-order valence-corrected chi connectivity index (χ2v) is 3.55. The number of hydrogen-bond donors (Lipinski definition) is 1. The SMILES string of the molecule is [B]c1ccc(C(C)(C)C(=O)O)cc1. The normalized spacial score (nSPS) is 11.2. The lowest BCUT2D eigenvalue weighted by Gasteiger charge is -2.19. The van der Waals surface area contributed by atoms with E-state index < -0.39 is 11.4 Å². The molecule has 13 heavy (non-hydrogen) atoms. The van der Waals surface area contributed by atoms with Gasteiger partial charge in [-0.3, -0.25) is 4.79 Å². The molecule has 0 spiro atoms. The summed E-state index contributed by atoms with van der Waals surface area (Å²) in [5.74, 6) is -0.836. The highest BCUT2D eigenvalue weighted by molar-refractivity contribution is 6.32. The van der Waals surface area contributed by atoms with Gasteiger partial charge in [-0.1, -0.05) is 29.7 Å². The Balaban J connectivity index is 3.08. The molecular formula is C10H11BO2. The molecule has 1 N–H and O–H groups in total. The van der Waals surface area contributed by atoms with Crippen molar-refractivity contribution in [2.75, 3.05) is 0 Å². The molecular weight excluding hydrogens is 163 g/mol. The van der Waals surface area contributed by atoms with Crippen LogP contribution in [0.2, 0.25) is 0 Å². The predicted molar refractivity (Wildman–Crippen MR) is 52.5 cm³/mol. The van der Waals surface area contributed by atoms with Gasteiger partial charge in [0.1, 0.15) is 7.85 Å². The Labute approximate surface area is 79.0 Å². The lowest BCUT2D eigenvalue weighted by Crippen LogP contribution is -2.28.